The molecule has 1 aromatic heterocycles. The van der Waals surface area contributed by atoms with E-state index in [4.69, 9.17) is 9.47 Å². The Hall–Kier alpha value is -2.63. The number of rotatable bonds is 5. The van der Waals surface area contributed by atoms with Crippen molar-refractivity contribution in [2.75, 3.05) is 18.5 Å². The minimum Gasteiger partial charge on any atom is -0.471 e. The Kier molecular flexibility index (Phi) is 5.14. The maximum absolute atomic E-state index is 12.9. The highest BCUT2D eigenvalue weighted by atomic mass is 32.2. The van der Waals surface area contributed by atoms with Gasteiger partial charge in [-0.25, -0.2) is 22.6 Å². The van der Waals surface area contributed by atoms with E-state index < -0.39 is 21.8 Å². The van der Waals surface area contributed by atoms with Crippen LogP contribution >= 0.6 is 0 Å². The van der Waals surface area contributed by atoms with Gasteiger partial charge in [0.1, 0.15) is 13.2 Å². The molecule has 5 rings (SSSR count). The number of aryl methyl sites for hydroxylation is 2. The van der Waals surface area contributed by atoms with Gasteiger partial charge in [0.25, 0.3) is 10.0 Å². The summed E-state index contributed by atoms with van der Waals surface area (Å²) in [7, 11) is -4.25. The Bertz CT molecular complexity index is 1160. The number of urea groups is 1. The predicted octanol–water partition coefficient (Wildman–Crippen LogP) is 1.49. The van der Waals surface area contributed by atoms with Gasteiger partial charge < -0.3 is 19.9 Å². The van der Waals surface area contributed by atoms with Crippen molar-refractivity contribution in [3.8, 4) is 5.88 Å². The molecule has 0 saturated carbocycles. The molecular formula is C21H26N4O6S. The maximum atomic E-state index is 12.9. The molecule has 10 nitrogen and oxygen atoms in total. The summed E-state index contributed by atoms with van der Waals surface area (Å²) in [6.45, 7) is 1.66. The molecule has 0 spiro atoms. The number of amides is 2. The van der Waals surface area contributed by atoms with Crippen LogP contribution in [0.25, 0.3) is 0 Å². The average molecular weight is 463 g/mol. The van der Waals surface area contributed by atoms with E-state index in [0.717, 1.165) is 61.5 Å². The smallest absolute Gasteiger partial charge is 0.333 e. The maximum Gasteiger partial charge on any atom is 0.333 e. The summed E-state index contributed by atoms with van der Waals surface area (Å²) in [5.74, 6) is -1.63. The van der Waals surface area contributed by atoms with Gasteiger partial charge in [0.2, 0.25) is 11.7 Å². The summed E-state index contributed by atoms with van der Waals surface area (Å²) < 4.78 is 39.8. The fourth-order valence-corrected chi connectivity index (χ4v) is 5.88. The standard InChI is InChI=1S/C21H26N4O6S/c1-2-31-21(27)11-25-19(30-12-21)17(10-22-25)32(28,29)24-20(26)23-18-15-7-3-5-13(15)9-14-6-4-8-16(14)18/h9-10,27H,2-8,11-12H2,1H3,(H2,23,24,26)/t21-/m1/s1. The highest BCUT2D eigenvalue weighted by molar-refractivity contribution is 7.90. The zero-order valence-electron chi connectivity index (χ0n) is 17.8. The van der Waals surface area contributed by atoms with Gasteiger partial charge in [0.15, 0.2) is 4.90 Å². The van der Waals surface area contributed by atoms with Crippen LogP contribution in [0.3, 0.4) is 0 Å². The van der Waals surface area contributed by atoms with E-state index in [1.165, 1.54) is 15.8 Å². The first kappa shape index (κ1) is 21.2. The molecule has 32 heavy (non-hydrogen) atoms. The van der Waals surface area contributed by atoms with Crippen LogP contribution in [-0.2, 0) is 47.0 Å². The van der Waals surface area contributed by atoms with Crippen molar-refractivity contribution >= 4 is 21.7 Å². The van der Waals surface area contributed by atoms with Crippen LogP contribution in [0.4, 0.5) is 10.5 Å². The van der Waals surface area contributed by atoms with Crippen molar-refractivity contribution in [2.45, 2.75) is 62.7 Å². The van der Waals surface area contributed by atoms with Crippen molar-refractivity contribution in [1.29, 1.82) is 0 Å². The zero-order valence-corrected chi connectivity index (χ0v) is 18.6. The number of hydrogen-bond donors (Lipinski definition) is 3. The Morgan fingerprint density at radius 2 is 1.94 bits per heavy atom. The van der Waals surface area contributed by atoms with Gasteiger partial charge in [0, 0.05) is 12.3 Å². The van der Waals surface area contributed by atoms with Gasteiger partial charge in [-0.3, -0.25) is 0 Å². The number of aliphatic hydroxyl groups is 1. The first-order valence-electron chi connectivity index (χ1n) is 10.8. The Morgan fingerprint density at radius 3 is 2.59 bits per heavy atom. The van der Waals surface area contributed by atoms with E-state index in [0.29, 0.717) is 0 Å². The van der Waals surface area contributed by atoms with Crippen LogP contribution in [0.2, 0.25) is 0 Å². The lowest BCUT2D eigenvalue weighted by Crippen LogP contribution is -2.47. The van der Waals surface area contributed by atoms with E-state index in [9.17, 15) is 18.3 Å². The number of sulfonamides is 1. The lowest BCUT2D eigenvalue weighted by atomic mass is 9.99. The summed E-state index contributed by atoms with van der Waals surface area (Å²) in [5, 5.41) is 17.2. The molecule has 2 aliphatic carbocycles. The van der Waals surface area contributed by atoms with Crippen LogP contribution in [0.1, 0.15) is 42.0 Å². The Labute approximate surface area is 186 Å². The second-order valence-electron chi connectivity index (χ2n) is 8.43. The number of ether oxygens (including phenoxy) is 2. The van der Waals surface area contributed by atoms with Crippen molar-refractivity contribution in [2.24, 2.45) is 0 Å². The number of hydrogen-bond acceptors (Lipinski definition) is 7. The van der Waals surface area contributed by atoms with Crippen LogP contribution in [0, 0.1) is 0 Å². The molecule has 11 heteroatoms. The number of fused-ring (bicyclic) bond motifs is 3. The first-order chi connectivity index (χ1) is 15.3. The third-order valence-corrected chi connectivity index (χ3v) is 7.55. The predicted molar refractivity (Wildman–Crippen MR) is 114 cm³/mol. The number of aromatic nitrogens is 2. The van der Waals surface area contributed by atoms with Gasteiger partial charge in [-0.1, -0.05) is 6.07 Å². The number of nitrogens with one attached hydrogen (secondary N) is 2. The van der Waals surface area contributed by atoms with E-state index in [-0.39, 0.29) is 30.5 Å². The van der Waals surface area contributed by atoms with Gasteiger partial charge in [-0.2, -0.15) is 5.10 Å². The summed E-state index contributed by atoms with van der Waals surface area (Å²) in [6.07, 6.45) is 6.86. The number of benzene rings is 1. The van der Waals surface area contributed by atoms with Crippen molar-refractivity contribution in [3.63, 3.8) is 0 Å². The van der Waals surface area contributed by atoms with Gasteiger partial charge in [0.05, 0.1) is 6.20 Å². The van der Waals surface area contributed by atoms with Gasteiger partial charge in [-0.05, 0) is 67.7 Å². The minimum absolute atomic E-state index is 0.0452. The third-order valence-electron chi connectivity index (χ3n) is 6.23. The molecule has 2 amide bonds. The number of anilines is 1. The largest absolute Gasteiger partial charge is 0.471 e. The van der Waals surface area contributed by atoms with Gasteiger partial charge in [-0.15, -0.1) is 0 Å². The van der Waals surface area contributed by atoms with Gasteiger partial charge >= 0.3 is 6.03 Å². The van der Waals surface area contributed by atoms with E-state index >= 15 is 0 Å². The molecule has 0 unspecified atom stereocenters. The lowest BCUT2D eigenvalue weighted by Gasteiger charge is -2.32. The molecule has 0 saturated heterocycles. The molecule has 0 radical (unpaired) electrons. The fourth-order valence-electron chi connectivity index (χ4n) is 4.90. The third kappa shape index (κ3) is 3.63. The van der Waals surface area contributed by atoms with Crippen molar-refractivity contribution in [3.05, 3.63) is 34.5 Å². The fraction of sp³-hybridized carbons (Fsp3) is 0.524. The second kappa shape index (κ2) is 7.75. The molecule has 0 fully saturated rings. The molecule has 1 aromatic carbocycles. The minimum atomic E-state index is -4.25. The summed E-state index contributed by atoms with van der Waals surface area (Å²) >= 11 is 0. The molecule has 3 aliphatic rings. The summed E-state index contributed by atoms with van der Waals surface area (Å²) in [6, 6.07) is 1.42. The van der Waals surface area contributed by atoms with Crippen LogP contribution in [0.5, 0.6) is 5.88 Å². The average Bonchev–Trinajstić information content (AvgIpc) is 3.45. The normalized spacial score (nSPS) is 21.4. The second-order valence-corrected chi connectivity index (χ2v) is 10.1. The number of carbonyl (C=O) groups is 1. The van der Waals surface area contributed by atoms with E-state index in [2.05, 4.69) is 21.2 Å². The molecular weight excluding hydrogens is 436 g/mol. The lowest BCUT2D eigenvalue weighted by molar-refractivity contribution is -0.237. The topological polar surface area (TPSA) is 132 Å². The van der Waals surface area contributed by atoms with E-state index in [1.54, 1.807) is 6.92 Å². The summed E-state index contributed by atoms with van der Waals surface area (Å²) in [5.41, 5.74) is 5.46. The quantitative estimate of drug-likeness (QED) is 0.574. The monoisotopic (exact) mass is 462 g/mol. The molecule has 1 aliphatic heterocycles. The molecule has 2 aromatic rings. The molecule has 172 valence electrons. The van der Waals surface area contributed by atoms with Crippen LogP contribution in [-0.4, -0.2) is 48.3 Å². The molecule has 2 heterocycles. The number of carbonyl (C=O) groups excluding carboxylic acids is 1. The first-order valence-corrected chi connectivity index (χ1v) is 12.3. The SMILES string of the molecule is CCO[C@@]1(O)COc2c(S(=O)(=O)NC(=O)Nc3c4c(cc5c3CCC5)CCC4)cnn2C1. The highest BCUT2D eigenvalue weighted by Crippen LogP contribution is 2.38. The Balaban J connectivity index is 1.36. The number of nitrogens with zero attached hydrogens (tertiary/aromatic N) is 2. The van der Waals surface area contributed by atoms with Crippen LogP contribution in [0.15, 0.2) is 17.2 Å². The zero-order chi connectivity index (χ0) is 22.5. The summed E-state index contributed by atoms with van der Waals surface area (Å²) in [4.78, 5) is 12.5. The highest BCUT2D eigenvalue weighted by Gasteiger charge is 2.39. The molecule has 3 N–H and O–H groups in total. The van der Waals surface area contributed by atoms with Crippen LogP contribution < -0.4 is 14.8 Å². The Morgan fingerprint density at radius 1 is 1.25 bits per heavy atom. The van der Waals surface area contributed by atoms with E-state index in [1.807, 2.05) is 0 Å². The molecule has 0 bridgehead atoms. The van der Waals surface area contributed by atoms with Crippen molar-refractivity contribution < 1.29 is 27.8 Å². The van der Waals surface area contributed by atoms with Crippen molar-refractivity contribution in [1.82, 2.24) is 14.5 Å². The molecule has 1 atom stereocenters.